The Kier molecular flexibility index (Phi) is 23.9. The molecule has 20 N–H and O–H groups in total. The lowest BCUT2D eigenvalue weighted by Gasteiger charge is -2.47. The summed E-state index contributed by atoms with van der Waals surface area (Å²) in [5.41, 5.74) is 7.89. The number of carboxylic acids is 1. The average Bonchev–Trinajstić information content (AvgIpc) is 0.736. The van der Waals surface area contributed by atoms with Crippen molar-refractivity contribution in [3.05, 3.63) is 171 Å². The van der Waals surface area contributed by atoms with E-state index in [0.29, 0.717) is 10.8 Å². The van der Waals surface area contributed by atoms with Crippen LogP contribution >= 0.6 is 23.2 Å². The largest absolute Gasteiger partial charge is 0.508 e. The maximum atomic E-state index is 16.3. The van der Waals surface area contributed by atoms with Crippen LogP contribution in [0.15, 0.2) is 138 Å². The highest BCUT2D eigenvalue weighted by Crippen LogP contribution is 2.51. The number of hydrogen-bond donors (Lipinski definition) is 18. The number of amides is 7. The normalized spacial score (nSPS) is 26.9. The summed E-state index contributed by atoms with van der Waals surface area (Å²) in [5.74, 6) is -16.7. The Labute approximate surface area is 692 Å². The van der Waals surface area contributed by atoms with E-state index in [0.717, 1.165) is 88.3 Å². The quantitative estimate of drug-likeness (QED) is 0.0470. The number of rotatable bonds is 16. The minimum absolute atomic E-state index is 0.127. The van der Waals surface area contributed by atoms with Gasteiger partial charge in [0.25, 0.3) is 10.1 Å². The number of aliphatic hydroxyl groups excluding tert-OH is 5. The molecule has 9 aromatic carbocycles. The van der Waals surface area contributed by atoms with Crippen molar-refractivity contribution in [3.8, 4) is 57.1 Å². The molecule has 18 atom stereocenters. The fourth-order valence-electron chi connectivity index (χ4n) is 15.6. The Morgan fingerprint density at radius 1 is 0.658 bits per heavy atom. The Balaban J connectivity index is 0.969. The van der Waals surface area contributed by atoms with Crippen LogP contribution in [0.25, 0.3) is 43.4 Å². The molecule has 9 aromatic rings. The molecule has 0 aromatic heterocycles. The zero-order valence-electron chi connectivity index (χ0n) is 64.2. The molecule has 11 bridgehead atoms. The first-order chi connectivity index (χ1) is 56.8. The number of carbonyl (C=O) groups is 8. The molecule has 11 unspecified atom stereocenters. The van der Waals surface area contributed by atoms with E-state index in [1.165, 1.54) is 45.2 Å². The number of aromatic hydroxyl groups is 3. The van der Waals surface area contributed by atoms with Gasteiger partial charge in [-0.25, -0.2) is 4.79 Å². The van der Waals surface area contributed by atoms with E-state index < -0.39 is 258 Å². The standard InChI is InChI=1S/C82H83Cl2N9O26S/c1-32(2)19-48(87-5)74(103)92-65-67(98)39-14-17-52(46(83)23-39)115-54-25-41-26-55(71(54)119-81-72(118-58-30-82(4,86)73(102)33(3)114-58)70(101)69(100)56(117-81)31-113-120(111,112)43-20-36-11-9-34-7-6-8-35-10-12-37(21-43)60(36)59(34)35)116-53-18-15-40(24-47(53)84)68(99)66-79(108)91-64(80(109)110)45-27-42(94)28-51(96)61(45)44-22-38(13-16-50(44)95)62(76(105)93-66)90-77(106)63(41)89-75(104)49(29-57(85)97)88-78(65)107/h6-18,20-28,32-33,48-49,56,58,62-70,72-73,81,87,94-96,98-102H,19,29-31,86H2,1-5H3,(H2,85,97)(H,88,107)(H,89,104)(H,90,106)(H,91,108)(H,92,103)(H,93,105)(H,109,110)/t33?,48-,49-,56?,58?,62?,63?,64+,65+,66-,67+,68+,69?,70?,72?,73?,81?,82?/m0/s1. The summed E-state index contributed by atoms with van der Waals surface area (Å²) in [6, 6.07) is 14.4. The topological polar surface area (TPSA) is 554 Å². The van der Waals surface area contributed by atoms with Crippen molar-refractivity contribution >= 4 is 113 Å². The number of phenols is 3. The molecule has 0 aliphatic carbocycles. The first-order valence-corrected chi connectivity index (χ1v) is 39.9. The van der Waals surface area contributed by atoms with E-state index in [1.54, 1.807) is 12.1 Å². The third-order valence-electron chi connectivity index (χ3n) is 21.7. The second-order valence-electron chi connectivity index (χ2n) is 30.7. The van der Waals surface area contributed by atoms with Crippen molar-refractivity contribution in [3.63, 3.8) is 0 Å². The van der Waals surface area contributed by atoms with Crippen LogP contribution in [0.5, 0.6) is 46.0 Å². The second kappa shape index (κ2) is 33.7. The third kappa shape index (κ3) is 17.0. The Morgan fingerprint density at radius 3 is 1.85 bits per heavy atom. The van der Waals surface area contributed by atoms with Crippen LogP contribution in [0.4, 0.5) is 0 Å². The molecule has 7 aliphatic rings. The number of likely N-dealkylation sites (N-methyl/N-ethyl adjacent to an activating group) is 1. The lowest BCUT2D eigenvalue weighted by atomic mass is 9.86. The van der Waals surface area contributed by atoms with Crippen molar-refractivity contribution < 1.29 is 125 Å². The van der Waals surface area contributed by atoms with Gasteiger partial charge in [-0.2, -0.15) is 8.42 Å². The van der Waals surface area contributed by atoms with Gasteiger partial charge < -0.3 is 123 Å². The Hall–Kier alpha value is -11.3. The van der Waals surface area contributed by atoms with Gasteiger partial charge in [-0.05, 0) is 155 Å². The number of primary amides is 1. The number of ether oxygens (including phenoxy) is 6. The Bertz CT molecular complexity index is 5660. The van der Waals surface area contributed by atoms with Gasteiger partial charge in [0.1, 0.15) is 89.5 Å². The highest BCUT2D eigenvalue weighted by molar-refractivity contribution is 7.86. The number of fused-ring (bicyclic) bond motifs is 15. The summed E-state index contributed by atoms with van der Waals surface area (Å²) in [5, 5.41) is 127. The van der Waals surface area contributed by atoms with Crippen molar-refractivity contribution in [1.29, 1.82) is 0 Å². The summed E-state index contributed by atoms with van der Waals surface area (Å²) < 4.78 is 74.6. The lowest BCUT2D eigenvalue weighted by molar-refractivity contribution is -0.333. The number of halogens is 2. The van der Waals surface area contributed by atoms with Crippen LogP contribution in [0, 0.1) is 5.92 Å². The maximum absolute atomic E-state index is 16.3. The molecule has 2 fully saturated rings. The van der Waals surface area contributed by atoms with Crippen LogP contribution in [-0.2, 0) is 66.9 Å². The van der Waals surface area contributed by atoms with Gasteiger partial charge >= 0.3 is 5.97 Å². The number of hydrogen-bond acceptors (Lipinski definition) is 27. The van der Waals surface area contributed by atoms with Gasteiger partial charge in [0.05, 0.1) is 46.2 Å². The molecular formula is C82H83Cl2N9O26S. The zero-order valence-corrected chi connectivity index (χ0v) is 66.5. The van der Waals surface area contributed by atoms with E-state index in [9.17, 15) is 68.8 Å². The SMILES string of the molecule is CN[C@@H](CC(C)C)C(=O)N[C@H]1C(=O)N[C@@H](CC(N)=O)C(=O)NC2C(=O)NC3C(=O)N[C@H](C(=O)N[C@@H](C(=O)O)c4cc(O)cc(O)c4-c4cc3ccc4O)[C@H](O)c3ccc(c(Cl)c3)Oc3cc2cc(c3OC2OC(COS(=O)(=O)c3cc4ccc5cccc6ccc(c3)c4c56)C(O)C(O)C2OC2CC(C)(N)C(O)C(C)O2)Oc2ccc(cc2Cl)[C@H]1O. The highest BCUT2D eigenvalue weighted by Gasteiger charge is 2.52. The molecule has 2 saturated heterocycles. The van der Waals surface area contributed by atoms with Crippen LogP contribution in [0.3, 0.4) is 0 Å². The predicted octanol–water partition coefficient (Wildman–Crippen LogP) is 4.42. The van der Waals surface area contributed by atoms with Gasteiger partial charge in [0.2, 0.25) is 53.4 Å². The molecule has 632 valence electrons. The molecule has 7 aliphatic heterocycles. The number of aliphatic hydroxyl groups is 5. The zero-order chi connectivity index (χ0) is 86.2. The Morgan fingerprint density at radius 2 is 1.25 bits per heavy atom. The molecule has 38 heteroatoms. The first-order valence-electron chi connectivity index (χ1n) is 37.8. The monoisotopic (exact) mass is 1710 g/mol. The van der Waals surface area contributed by atoms with Crippen molar-refractivity contribution in [2.24, 2.45) is 17.4 Å². The minimum atomic E-state index is -4.87. The molecule has 35 nitrogen and oxygen atoms in total. The molecule has 0 saturated carbocycles. The van der Waals surface area contributed by atoms with Crippen LogP contribution in [0.2, 0.25) is 10.0 Å². The van der Waals surface area contributed by atoms with Crippen LogP contribution in [-0.4, -0.2) is 194 Å². The smallest absolute Gasteiger partial charge is 0.330 e. The number of nitrogens with one attached hydrogen (secondary N) is 7. The minimum Gasteiger partial charge on any atom is -0.508 e. The van der Waals surface area contributed by atoms with Crippen molar-refractivity contribution in [1.82, 2.24) is 37.2 Å². The molecule has 16 rings (SSSR count). The fourth-order valence-corrected chi connectivity index (χ4v) is 17.0. The second-order valence-corrected chi connectivity index (χ2v) is 33.2. The molecular weight excluding hydrogens is 1630 g/mol. The molecule has 7 heterocycles. The lowest BCUT2D eigenvalue weighted by Crippen LogP contribution is -2.64. The number of benzene rings is 9. The fraction of sp³-hybridized carbons (Fsp3) is 0.341. The summed E-state index contributed by atoms with van der Waals surface area (Å²) in [4.78, 5) is 118. The predicted molar refractivity (Wildman–Crippen MR) is 425 cm³/mol. The number of phenolic OH excluding ortho intramolecular Hbond substituents is 3. The summed E-state index contributed by atoms with van der Waals surface area (Å²) in [6.07, 6.45) is -20.2. The number of carbonyl (C=O) groups excluding carboxylic acids is 7. The molecule has 7 amide bonds. The van der Waals surface area contributed by atoms with Crippen LogP contribution in [0.1, 0.15) is 105 Å². The first kappa shape index (κ1) is 85.1. The van der Waals surface area contributed by atoms with Gasteiger partial charge in [0, 0.05) is 34.7 Å². The number of aliphatic carboxylic acids is 1. The molecule has 0 radical (unpaired) electrons. The van der Waals surface area contributed by atoms with E-state index in [-0.39, 0.29) is 40.3 Å². The van der Waals surface area contributed by atoms with E-state index in [2.05, 4.69) is 37.2 Å². The molecule has 120 heavy (non-hydrogen) atoms. The number of carboxylic acid groups (broad SMARTS) is 1. The van der Waals surface area contributed by atoms with Crippen molar-refractivity contribution in [2.75, 3.05) is 13.7 Å². The van der Waals surface area contributed by atoms with Gasteiger partial charge in [-0.15, -0.1) is 0 Å². The summed E-state index contributed by atoms with van der Waals surface area (Å²) >= 11 is 14.4. The van der Waals surface area contributed by atoms with E-state index >= 15 is 24.0 Å². The highest BCUT2D eigenvalue weighted by atomic mass is 35.5. The third-order valence-corrected chi connectivity index (χ3v) is 23.6. The van der Waals surface area contributed by atoms with Gasteiger partial charge in [-0.1, -0.05) is 97.7 Å². The summed E-state index contributed by atoms with van der Waals surface area (Å²) in [7, 11) is -3.40. The number of nitrogens with two attached hydrogens (primary N) is 2. The van der Waals surface area contributed by atoms with Crippen LogP contribution < -0.4 is 62.9 Å². The van der Waals surface area contributed by atoms with Gasteiger partial charge in [0.15, 0.2) is 29.9 Å². The van der Waals surface area contributed by atoms with E-state index in [1.807, 2.05) is 44.2 Å². The maximum Gasteiger partial charge on any atom is 0.330 e. The van der Waals surface area contributed by atoms with Crippen molar-refractivity contribution in [2.45, 2.75) is 161 Å². The van der Waals surface area contributed by atoms with E-state index in [4.69, 9.17) is 67.3 Å². The van der Waals surface area contributed by atoms with Gasteiger partial charge in [-0.3, -0.25) is 37.7 Å². The molecule has 0 spiro atoms. The summed E-state index contributed by atoms with van der Waals surface area (Å²) in [6.45, 7) is 5.48. The average molecular weight is 1710 g/mol.